The molecule has 0 spiro atoms. The molecule has 1 fully saturated rings. The topological polar surface area (TPSA) is 64.3 Å². The molecule has 3 N–H and O–H groups in total. The summed E-state index contributed by atoms with van der Waals surface area (Å²) >= 11 is 0. The SMILES string of the molecule is CCOC(CN)CC(=O)N[C@H](C)C1CCCC1. The summed E-state index contributed by atoms with van der Waals surface area (Å²) < 4.78 is 5.38. The van der Waals surface area contributed by atoms with E-state index in [0.29, 0.717) is 25.5 Å². The van der Waals surface area contributed by atoms with Crippen molar-refractivity contribution in [3.8, 4) is 0 Å². The van der Waals surface area contributed by atoms with E-state index < -0.39 is 0 Å². The van der Waals surface area contributed by atoms with Crippen LogP contribution in [0.1, 0.15) is 46.0 Å². The van der Waals surface area contributed by atoms with Gasteiger partial charge in [0.05, 0.1) is 12.5 Å². The van der Waals surface area contributed by atoms with Crippen LogP contribution < -0.4 is 11.1 Å². The van der Waals surface area contributed by atoms with Crippen molar-refractivity contribution in [3.63, 3.8) is 0 Å². The fraction of sp³-hybridized carbons (Fsp3) is 0.923. The van der Waals surface area contributed by atoms with Crippen molar-refractivity contribution in [1.29, 1.82) is 0 Å². The van der Waals surface area contributed by atoms with Crippen LogP contribution in [0.25, 0.3) is 0 Å². The van der Waals surface area contributed by atoms with Gasteiger partial charge in [-0.25, -0.2) is 0 Å². The number of carbonyl (C=O) groups is 1. The fourth-order valence-electron chi connectivity index (χ4n) is 2.54. The van der Waals surface area contributed by atoms with E-state index >= 15 is 0 Å². The molecule has 1 aliphatic rings. The third kappa shape index (κ3) is 5.04. The molecule has 17 heavy (non-hydrogen) atoms. The molecule has 4 heteroatoms. The van der Waals surface area contributed by atoms with E-state index in [1.165, 1.54) is 25.7 Å². The van der Waals surface area contributed by atoms with E-state index in [9.17, 15) is 4.79 Å². The minimum absolute atomic E-state index is 0.0632. The number of amides is 1. The number of hydrogen-bond donors (Lipinski definition) is 2. The Hall–Kier alpha value is -0.610. The van der Waals surface area contributed by atoms with E-state index in [0.717, 1.165) is 0 Å². The number of nitrogens with one attached hydrogen (secondary N) is 1. The molecular formula is C13H26N2O2. The molecule has 0 saturated heterocycles. The molecular weight excluding hydrogens is 216 g/mol. The van der Waals surface area contributed by atoms with Crippen LogP contribution in [0.5, 0.6) is 0 Å². The van der Waals surface area contributed by atoms with Crippen LogP contribution in [0.2, 0.25) is 0 Å². The van der Waals surface area contributed by atoms with Crippen LogP contribution in [0.3, 0.4) is 0 Å². The lowest BCUT2D eigenvalue weighted by Gasteiger charge is -2.22. The first-order chi connectivity index (χ1) is 8.17. The third-order valence-corrected chi connectivity index (χ3v) is 3.57. The summed E-state index contributed by atoms with van der Waals surface area (Å²) in [5, 5.41) is 3.07. The van der Waals surface area contributed by atoms with Crippen LogP contribution in [0.4, 0.5) is 0 Å². The maximum Gasteiger partial charge on any atom is 0.222 e. The molecule has 1 amide bonds. The van der Waals surface area contributed by atoms with Crippen LogP contribution in [0, 0.1) is 5.92 Å². The van der Waals surface area contributed by atoms with Gasteiger partial charge in [-0.15, -0.1) is 0 Å². The zero-order valence-electron chi connectivity index (χ0n) is 11.1. The number of rotatable bonds is 7. The van der Waals surface area contributed by atoms with Gasteiger partial charge in [-0.3, -0.25) is 4.79 Å². The standard InChI is InChI=1S/C13H26N2O2/c1-3-17-12(9-14)8-13(16)15-10(2)11-6-4-5-7-11/h10-12H,3-9,14H2,1-2H3,(H,15,16)/t10-,12?/m1/s1. The van der Waals surface area contributed by atoms with Crippen molar-refractivity contribution < 1.29 is 9.53 Å². The summed E-state index contributed by atoms with van der Waals surface area (Å²) in [5.74, 6) is 0.718. The largest absolute Gasteiger partial charge is 0.377 e. The summed E-state index contributed by atoms with van der Waals surface area (Å²) in [4.78, 5) is 11.8. The number of nitrogens with two attached hydrogens (primary N) is 1. The fourth-order valence-corrected chi connectivity index (χ4v) is 2.54. The highest BCUT2D eigenvalue weighted by molar-refractivity contribution is 5.76. The van der Waals surface area contributed by atoms with Crippen molar-refractivity contribution in [2.45, 2.75) is 58.1 Å². The van der Waals surface area contributed by atoms with Gasteiger partial charge in [-0.1, -0.05) is 12.8 Å². The van der Waals surface area contributed by atoms with Crippen molar-refractivity contribution >= 4 is 5.91 Å². The van der Waals surface area contributed by atoms with E-state index in [2.05, 4.69) is 12.2 Å². The Morgan fingerprint density at radius 3 is 2.65 bits per heavy atom. The Morgan fingerprint density at radius 1 is 1.47 bits per heavy atom. The van der Waals surface area contributed by atoms with Gasteiger partial charge < -0.3 is 15.8 Å². The second kappa shape index (κ2) is 7.67. The number of carbonyl (C=O) groups excluding carboxylic acids is 1. The van der Waals surface area contributed by atoms with Crippen molar-refractivity contribution in [3.05, 3.63) is 0 Å². The molecule has 0 bridgehead atoms. The van der Waals surface area contributed by atoms with E-state index in [1.807, 2.05) is 6.92 Å². The van der Waals surface area contributed by atoms with Gasteiger partial charge in [0.2, 0.25) is 5.91 Å². The first kappa shape index (κ1) is 14.5. The quantitative estimate of drug-likeness (QED) is 0.710. The minimum atomic E-state index is -0.143. The molecule has 4 nitrogen and oxygen atoms in total. The van der Waals surface area contributed by atoms with Gasteiger partial charge in [0.15, 0.2) is 0 Å². The smallest absolute Gasteiger partial charge is 0.222 e. The highest BCUT2D eigenvalue weighted by Crippen LogP contribution is 2.27. The van der Waals surface area contributed by atoms with Crippen molar-refractivity contribution in [2.24, 2.45) is 11.7 Å². The van der Waals surface area contributed by atoms with E-state index in [-0.39, 0.29) is 18.1 Å². The van der Waals surface area contributed by atoms with E-state index in [4.69, 9.17) is 10.5 Å². The Balaban J connectivity index is 2.27. The van der Waals surface area contributed by atoms with Gasteiger partial charge in [0.1, 0.15) is 0 Å². The van der Waals surface area contributed by atoms with Crippen LogP contribution in [-0.4, -0.2) is 31.2 Å². The molecule has 1 aliphatic carbocycles. The second-order valence-corrected chi connectivity index (χ2v) is 4.92. The second-order valence-electron chi connectivity index (χ2n) is 4.92. The summed E-state index contributed by atoms with van der Waals surface area (Å²) in [6.45, 7) is 5.03. The number of hydrogen-bond acceptors (Lipinski definition) is 3. The Bertz CT molecular complexity index is 227. The van der Waals surface area contributed by atoms with Gasteiger partial charge in [-0.05, 0) is 32.6 Å². The van der Waals surface area contributed by atoms with Gasteiger partial charge in [0, 0.05) is 19.2 Å². The van der Waals surface area contributed by atoms with Crippen molar-refractivity contribution in [2.75, 3.05) is 13.2 Å². The Labute approximate surface area is 104 Å². The van der Waals surface area contributed by atoms with Crippen LogP contribution in [-0.2, 0) is 9.53 Å². The molecule has 0 aromatic heterocycles. The van der Waals surface area contributed by atoms with Crippen LogP contribution >= 0.6 is 0 Å². The predicted molar refractivity (Wildman–Crippen MR) is 68.6 cm³/mol. The zero-order chi connectivity index (χ0) is 12.7. The monoisotopic (exact) mass is 242 g/mol. The molecule has 100 valence electrons. The molecule has 0 aromatic rings. The average molecular weight is 242 g/mol. The first-order valence-electron chi connectivity index (χ1n) is 6.78. The van der Waals surface area contributed by atoms with Gasteiger partial charge >= 0.3 is 0 Å². The average Bonchev–Trinajstić information content (AvgIpc) is 2.81. The normalized spacial score (nSPS) is 20.2. The molecule has 0 heterocycles. The Morgan fingerprint density at radius 2 is 2.12 bits per heavy atom. The summed E-state index contributed by atoms with van der Waals surface area (Å²) in [7, 11) is 0. The molecule has 0 aromatic carbocycles. The van der Waals surface area contributed by atoms with Gasteiger partial charge in [0.25, 0.3) is 0 Å². The third-order valence-electron chi connectivity index (χ3n) is 3.57. The maximum atomic E-state index is 11.8. The lowest BCUT2D eigenvalue weighted by atomic mass is 9.99. The molecule has 0 radical (unpaired) electrons. The minimum Gasteiger partial charge on any atom is -0.377 e. The summed E-state index contributed by atoms with van der Waals surface area (Å²) in [6.07, 6.45) is 5.32. The van der Waals surface area contributed by atoms with Gasteiger partial charge in [-0.2, -0.15) is 0 Å². The van der Waals surface area contributed by atoms with Crippen molar-refractivity contribution in [1.82, 2.24) is 5.32 Å². The molecule has 1 saturated carbocycles. The molecule has 1 rings (SSSR count). The molecule has 2 atom stereocenters. The lowest BCUT2D eigenvalue weighted by Crippen LogP contribution is -2.40. The zero-order valence-corrected chi connectivity index (χ0v) is 11.1. The highest BCUT2D eigenvalue weighted by Gasteiger charge is 2.23. The number of ether oxygens (including phenoxy) is 1. The molecule has 1 unspecified atom stereocenters. The summed E-state index contributed by atoms with van der Waals surface area (Å²) in [5.41, 5.74) is 5.56. The predicted octanol–water partition coefficient (Wildman–Crippen LogP) is 1.44. The first-order valence-corrected chi connectivity index (χ1v) is 6.78. The Kier molecular flexibility index (Phi) is 6.52. The lowest BCUT2D eigenvalue weighted by molar-refractivity contribution is -0.124. The van der Waals surface area contributed by atoms with E-state index in [1.54, 1.807) is 0 Å². The molecule has 0 aliphatic heterocycles. The maximum absolute atomic E-state index is 11.8. The highest BCUT2D eigenvalue weighted by atomic mass is 16.5. The summed E-state index contributed by atoms with van der Waals surface area (Å²) in [6, 6.07) is 0.282. The van der Waals surface area contributed by atoms with Crippen LogP contribution in [0.15, 0.2) is 0 Å².